The van der Waals surface area contributed by atoms with Crippen LogP contribution in [-0.2, 0) is 0 Å². The number of hydrogen-bond acceptors (Lipinski definition) is 2. The second-order valence-corrected chi connectivity index (χ2v) is 4.35. The lowest BCUT2D eigenvalue weighted by molar-refractivity contribution is 0.210. The Kier molecular flexibility index (Phi) is 4.26. The number of rotatable bonds is 4. The van der Waals surface area contributed by atoms with Gasteiger partial charge in [0, 0.05) is 16.2 Å². The molecule has 0 aliphatic carbocycles. The minimum Gasteiger partial charge on any atom is -0.491 e. The summed E-state index contributed by atoms with van der Waals surface area (Å²) in [5.41, 5.74) is 6.42. The molecule has 0 saturated heterocycles. The fourth-order valence-electron chi connectivity index (χ4n) is 1.35. The van der Waals surface area contributed by atoms with Crippen LogP contribution in [0.5, 0.6) is 5.75 Å². The third kappa shape index (κ3) is 3.58. The lowest BCUT2D eigenvalue weighted by Gasteiger charge is -2.14. The highest BCUT2D eigenvalue weighted by Gasteiger charge is 2.03. The molecular formula is C11H16BrNO. The first-order valence-corrected chi connectivity index (χ1v) is 5.64. The van der Waals surface area contributed by atoms with Gasteiger partial charge < -0.3 is 10.5 Å². The summed E-state index contributed by atoms with van der Waals surface area (Å²) in [6.45, 7) is 4.22. The zero-order chi connectivity index (χ0) is 10.6. The Balaban J connectivity index is 2.66. The summed E-state index contributed by atoms with van der Waals surface area (Å²) < 4.78 is 6.66. The maximum atomic E-state index is 5.71. The van der Waals surface area contributed by atoms with Crippen molar-refractivity contribution in [3.8, 4) is 5.75 Å². The van der Waals surface area contributed by atoms with Crippen LogP contribution >= 0.6 is 15.9 Å². The molecule has 0 bridgehead atoms. The fourth-order valence-corrected chi connectivity index (χ4v) is 1.84. The van der Waals surface area contributed by atoms with Gasteiger partial charge in [0.2, 0.25) is 0 Å². The summed E-state index contributed by atoms with van der Waals surface area (Å²) in [7, 11) is 0. The molecule has 1 atom stereocenters. The maximum absolute atomic E-state index is 5.71. The first-order chi connectivity index (χ1) is 6.61. The number of benzene rings is 1. The Hall–Kier alpha value is -0.700. The molecule has 2 nitrogen and oxygen atoms in total. The molecule has 2 N–H and O–H groups in total. The van der Waals surface area contributed by atoms with Gasteiger partial charge in [-0.2, -0.15) is 0 Å². The molecule has 1 rings (SSSR count). The quantitative estimate of drug-likeness (QED) is 0.837. The van der Waals surface area contributed by atoms with Crippen molar-refractivity contribution >= 4 is 21.6 Å². The van der Waals surface area contributed by atoms with Gasteiger partial charge in [0.1, 0.15) is 5.75 Å². The van der Waals surface area contributed by atoms with E-state index in [0.717, 1.165) is 28.8 Å². The van der Waals surface area contributed by atoms with E-state index in [1.54, 1.807) is 0 Å². The summed E-state index contributed by atoms with van der Waals surface area (Å²) in [6.07, 6.45) is 2.44. The summed E-state index contributed by atoms with van der Waals surface area (Å²) in [5, 5.41) is 0. The first-order valence-electron chi connectivity index (χ1n) is 4.84. The molecule has 0 aromatic heterocycles. The van der Waals surface area contributed by atoms with Crippen molar-refractivity contribution in [2.45, 2.75) is 32.8 Å². The molecule has 1 aromatic carbocycles. The number of hydrogen-bond donors (Lipinski definition) is 1. The average Bonchev–Trinajstić information content (AvgIpc) is 2.01. The summed E-state index contributed by atoms with van der Waals surface area (Å²) >= 11 is 3.38. The van der Waals surface area contributed by atoms with Crippen LogP contribution in [0.25, 0.3) is 0 Å². The zero-order valence-electron chi connectivity index (χ0n) is 8.59. The maximum Gasteiger partial charge on any atom is 0.122 e. The third-order valence-electron chi connectivity index (χ3n) is 1.93. The van der Waals surface area contributed by atoms with Crippen LogP contribution in [0.1, 0.15) is 26.7 Å². The molecular weight excluding hydrogens is 242 g/mol. The van der Waals surface area contributed by atoms with Crippen LogP contribution in [0.15, 0.2) is 22.7 Å². The largest absolute Gasteiger partial charge is 0.491 e. The molecule has 0 saturated carbocycles. The summed E-state index contributed by atoms with van der Waals surface area (Å²) in [5.74, 6) is 0.831. The van der Waals surface area contributed by atoms with Crippen LogP contribution in [0.2, 0.25) is 0 Å². The van der Waals surface area contributed by atoms with Gasteiger partial charge in [0.15, 0.2) is 0 Å². The van der Waals surface area contributed by atoms with E-state index in [1.165, 1.54) is 0 Å². The Morgan fingerprint density at radius 3 is 2.71 bits per heavy atom. The molecule has 0 amide bonds. The lowest BCUT2D eigenvalue weighted by Crippen LogP contribution is -2.11. The molecule has 0 fully saturated rings. The van der Waals surface area contributed by atoms with Crippen LogP contribution in [0, 0.1) is 0 Å². The van der Waals surface area contributed by atoms with Crippen molar-refractivity contribution in [3.63, 3.8) is 0 Å². The van der Waals surface area contributed by atoms with E-state index < -0.39 is 0 Å². The van der Waals surface area contributed by atoms with E-state index in [1.807, 2.05) is 18.2 Å². The van der Waals surface area contributed by atoms with Crippen molar-refractivity contribution in [1.29, 1.82) is 0 Å². The van der Waals surface area contributed by atoms with Crippen LogP contribution < -0.4 is 10.5 Å². The Labute approximate surface area is 93.6 Å². The predicted octanol–water partition coefficient (Wildman–Crippen LogP) is 3.60. The molecule has 0 radical (unpaired) electrons. The van der Waals surface area contributed by atoms with Crippen molar-refractivity contribution in [3.05, 3.63) is 22.7 Å². The van der Waals surface area contributed by atoms with E-state index in [-0.39, 0.29) is 6.10 Å². The van der Waals surface area contributed by atoms with Gasteiger partial charge in [0.25, 0.3) is 0 Å². The Morgan fingerprint density at radius 2 is 2.14 bits per heavy atom. The monoisotopic (exact) mass is 257 g/mol. The van der Waals surface area contributed by atoms with Crippen molar-refractivity contribution in [2.24, 2.45) is 0 Å². The van der Waals surface area contributed by atoms with Crippen LogP contribution in [0.4, 0.5) is 5.69 Å². The highest BCUT2D eigenvalue weighted by atomic mass is 79.9. The molecule has 0 aliphatic heterocycles. The third-order valence-corrected chi connectivity index (χ3v) is 2.38. The standard InChI is InChI=1S/C11H16BrNO/c1-3-4-8(2)14-11-6-9(12)5-10(13)7-11/h5-8H,3-4,13H2,1-2H3. The molecule has 14 heavy (non-hydrogen) atoms. The molecule has 3 heteroatoms. The number of nitrogens with two attached hydrogens (primary N) is 1. The van der Waals surface area contributed by atoms with E-state index in [0.29, 0.717) is 0 Å². The topological polar surface area (TPSA) is 35.2 Å². The highest BCUT2D eigenvalue weighted by molar-refractivity contribution is 9.10. The van der Waals surface area contributed by atoms with E-state index >= 15 is 0 Å². The van der Waals surface area contributed by atoms with E-state index in [9.17, 15) is 0 Å². The molecule has 0 spiro atoms. The van der Waals surface area contributed by atoms with Gasteiger partial charge in [-0.1, -0.05) is 29.3 Å². The van der Waals surface area contributed by atoms with Gasteiger partial charge in [0.05, 0.1) is 6.10 Å². The minimum atomic E-state index is 0.244. The predicted molar refractivity (Wildman–Crippen MR) is 63.6 cm³/mol. The van der Waals surface area contributed by atoms with E-state index in [4.69, 9.17) is 10.5 Å². The number of halogens is 1. The van der Waals surface area contributed by atoms with Gasteiger partial charge in [-0.25, -0.2) is 0 Å². The molecule has 0 heterocycles. The number of ether oxygens (including phenoxy) is 1. The first kappa shape index (κ1) is 11.4. The second-order valence-electron chi connectivity index (χ2n) is 3.44. The van der Waals surface area contributed by atoms with Crippen molar-refractivity contribution < 1.29 is 4.74 Å². The number of nitrogen functional groups attached to an aromatic ring is 1. The SMILES string of the molecule is CCCC(C)Oc1cc(N)cc(Br)c1. The van der Waals surface area contributed by atoms with Crippen LogP contribution in [-0.4, -0.2) is 6.10 Å². The van der Waals surface area contributed by atoms with Crippen molar-refractivity contribution in [2.75, 3.05) is 5.73 Å². The molecule has 1 unspecified atom stereocenters. The van der Waals surface area contributed by atoms with E-state index in [2.05, 4.69) is 29.8 Å². The highest BCUT2D eigenvalue weighted by Crippen LogP contribution is 2.24. The number of anilines is 1. The molecule has 1 aromatic rings. The minimum absolute atomic E-state index is 0.244. The second kappa shape index (κ2) is 5.25. The summed E-state index contributed by atoms with van der Waals surface area (Å²) in [4.78, 5) is 0. The summed E-state index contributed by atoms with van der Waals surface area (Å²) in [6, 6.07) is 5.64. The Morgan fingerprint density at radius 1 is 1.43 bits per heavy atom. The zero-order valence-corrected chi connectivity index (χ0v) is 10.2. The van der Waals surface area contributed by atoms with Gasteiger partial charge in [-0.3, -0.25) is 0 Å². The smallest absolute Gasteiger partial charge is 0.122 e. The fraction of sp³-hybridized carbons (Fsp3) is 0.455. The Bertz CT molecular complexity index is 281. The molecule has 0 aliphatic rings. The average molecular weight is 258 g/mol. The van der Waals surface area contributed by atoms with Gasteiger partial charge in [-0.15, -0.1) is 0 Å². The normalized spacial score (nSPS) is 12.5. The van der Waals surface area contributed by atoms with Crippen LogP contribution in [0.3, 0.4) is 0 Å². The lowest BCUT2D eigenvalue weighted by atomic mass is 10.2. The van der Waals surface area contributed by atoms with Gasteiger partial charge in [-0.05, 0) is 25.5 Å². The molecule has 78 valence electrons. The van der Waals surface area contributed by atoms with Gasteiger partial charge >= 0.3 is 0 Å². The van der Waals surface area contributed by atoms with Crippen molar-refractivity contribution in [1.82, 2.24) is 0 Å².